The molecule has 0 radical (unpaired) electrons. The normalized spacial score (nSPS) is 14.5. The van der Waals surface area contributed by atoms with Crippen LogP contribution in [0.2, 0.25) is 0 Å². The summed E-state index contributed by atoms with van der Waals surface area (Å²) >= 11 is 3.43. The fraction of sp³-hybridized carbons (Fsp3) is 0.346. The van der Waals surface area contributed by atoms with Gasteiger partial charge < -0.3 is 4.90 Å². The Bertz CT molecular complexity index is 1090. The van der Waals surface area contributed by atoms with E-state index in [1.165, 1.54) is 10.2 Å². The fourth-order valence-electron chi connectivity index (χ4n) is 4.26. The van der Waals surface area contributed by atoms with Gasteiger partial charge in [-0.3, -0.25) is 9.59 Å². The molecule has 0 N–H and O–H groups in total. The van der Waals surface area contributed by atoms with Crippen LogP contribution in [0.25, 0.3) is 11.3 Å². The Hall–Kier alpha value is -2.73. The number of nitrogens with zero attached hydrogens (tertiary/aromatic N) is 3. The molecule has 0 spiro atoms. The predicted molar refractivity (Wildman–Crippen MR) is 130 cm³/mol. The van der Waals surface area contributed by atoms with Gasteiger partial charge in [0.1, 0.15) is 0 Å². The van der Waals surface area contributed by atoms with Crippen molar-refractivity contribution in [1.82, 2.24) is 14.7 Å². The predicted octanol–water partition coefficient (Wildman–Crippen LogP) is 4.93. The third-order valence-electron chi connectivity index (χ3n) is 6.10. The summed E-state index contributed by atoms with van der Waals surface area (Å²) in [6.45, 7) is 2.10. The van der Waals surface area contributed by atoms with E-state index < -0.39 is 0 Å². The first kappa shape index (κ1) is 22.5. The van der Waals surface area contributed by atoms with E-state index in [-0.39, 0.29) is 11.5 Å². The van der Waals surface area contributed by atoms with Crippen molar-refractivity contribution in [2.24, 2.45) is 5.92 Å². The summed E-state index contributed by atoms with van der Waals surface area (Å²) in [5, 5.41) is 4.50. The second kappa shape index (κ2) is 10.7. The topological polar surface area (TPSA) is 55.2 Å². The number of aromatic nitrogens is 2. The number of aryl methyl sites for hydroxylation is 1. The number of rotatable bonds is 7. The molecule has 2 aromatic carbocycles. The highest BCUT2D eigenvalue weighted by atomic mass is 79.9. The highest BCUT2D eigenvalue weighted by Crippen LogP contribution is 2.22. The number of piperidine rings is 1. The molecule has 32 heavy (non-hydrogen) atoms. The van der Waals surface area contributed by atoms with Crippen molar-refractivity contribution < 1.29 is 4.79 Å². The molecule has 0 aliphatic carbocycles. The van der Waals surface area contributed by atoms with Crippen LogP contribution < -0.4 is 5.56 Å². The number of likely N-dealkylation sites (tertiary alicyclic amines) is 1. The van der Waals surface area contributed by atoms with Gasteiger partial charge in [-0.25, -0.2) is 4.68 Å². The number of carbonyl (C=O) groups is 1. The number of hydrogen-bond donors (Lipinski definition) is 0. The molecular formula is C26H28BrN3O2. The lowest BCUT2D eigenvalue weighted by atomic mass is 9.90. The van der Waals surface area contributed by atoms with E-state index in [0.717, 1.165) is 48.1 Å². The Balaban J connectivity index is 1.26. The summed E-state index contributed by atoms with van der Waals surface area (Å²) in [7, 11) is 0. The minimum absolute atomic E-state index is 0.139. The summed E-state index contributed by atoms with van der Waals surface area (Å²) in [6.07, 6.45) is 4.25. The zero-order chi connectivity index (χ0) is 22.3. The Kier molecular flexibility index (Phi) is 7.53. The zero-order valence-electron chi connectivity index (χ0n) is 18.1. The van der Waals surface area contributed by atoms with Gasteiger partial charge in [-0.2, -0.15) is 5.10 Å². The molecule has 1 amide bonds. The molecule has 0 bridgehead atoms. The first-order valence-electron chi connectivity index (χ1n) is 11.2. The van der Waals surface area contributed by atoms with Crippen molar-refractivity contribution in [2.45, 2.75) is 38.6 Å². The van der Waals surface area contributed by atoms with Gasteiger partial charge in [0.15, 0.2) is 0 Å². The van der Waals surface area contributed by atoms with Gasteiger partial charge in [0.25, 0.3) is 5.56 Å². The minimum atomic E-state index is -0.139. The third-order valence-corrected chi connectivity index (χ3v) is 6.63. The van der Waals surface area contributed by atoms with Gasteiger partial charge in [0.05, 0.1) is 5.69 Å². The van der Waals surface area contributed by atoms with Crippen molar-refractivity contribution in [3.05, 3.63) is 87.1 Å². The Labute approximate surface area is 197 Å². The van der Waals surface area contributed by atoms with E-state index in [4.69, 9.17) is 0 Å². The standard InChI is InChI=1S/C26H28BrN3O2/c27-23-10-8-22(9-11-23)24-12-13-26(32)30(28-24)16-4-7-25(31)29-17-14-21(15-18-29)19-20-5-2-1-3-6-20/h1-3,5-6,8-13,21H,4,7,14-19H2. The molecule has 1 aliphatic rings. The molecule has 1 aromatic heterocycles. The van der Waals surface area contributed by atoms with E-state index >= 15 is 0 Å². The lowest BCUT2D eigenvalue weighted by Gasteiger charge is -2.32. The molecule has 1 aliphatic heterocycles. The molecular weight excluding hydrogens is 466 g/mol. The quantitative estimate of drug-likeness (QED) is 0.468. The Morgan fingerprint density at radius 1 is 0.969 bits per heavy atom. The average molecular weight is 494 g/mol. The molecule has 1 saturated heterocycles. The third kappa shape index (κ3) is 5.94. The lowest BCUT2D eigenvalue weighted by molar-refractivity contribution is -0.132. The summed E-state index contributed by atoms with van der Waals surface area (Å²) in [4.78, 5) is 26.9. The van der Waals surface area contributed by atoms with Crippen molar-refractivity contribution in [1.29, 1.82) is 0 Å². The summed E-state index contributed by atoms with van der Waals surface area (Å²) in [6, 6.07) is 21.7. The maximum atomic E-state index is 12.7. The Morgan fingerprint density at radius 3 is 2.41 bits per heavy atom. The SMILES string of the molecule is O=C(CCCn1nc(-c2ccc(Br)cc2)ccc1=O)N1CCC(Cc2ccccc2)CC1. The largest absolute Gasteiger partial charge is 0.343 e. The molecule has 0 saturated carbocycles. The van der Waals surface area contributed by atoms with Gasteiger partial charge in [0, 0.05) is 42.2 Å². The van der Waals surface area contributed by atoms with Crippen LogP contribution in [0.1, 0.15) is 31.2 Å². The molecule has 4 rings (SSSR count). The van der Waals surface area contributed by atoms with Gasteiger partial charge in [-0.15, -0.1) is 0 Å². The fourth-order valence-corrected chi connectivity index (χ4v) is 4.52. The maximum Gasteiger partial charge on any atom is 0.266 e. The zero-order valence-corrected chi connectivity index (χ0v) is 19.7. The van der Waals surface area contributed by atoms with Crippen LogP contribution >= 0.6 is 15.9 Å². The monoisotopic (exact) mass is 493 g/mol. The second-order valence-corrected chi connectivity index (χ2v) is 9.32. The number of carbonyl (C=O) groups excluding carboxylic acids is 1. The van der Waals surface area contributed by atoms with Crippen LogP contribution in [-0.2, 0) is 17.8 Å². The average Bonchev–Trinajstić information content (AvgIpc) is 2.82. The number of amides is 1. The van der Waals surface area contributed by atoms with Crippen molar-refractivity contribution in [2.75, 3.05) is 13.1 Å². The van der Waals surface area contributed by atoms with E-state index in [2.05, 4.69) is 45.3 Å². The van der Waals surface area contributed by atoms with Crippen LogP contribution in [0.3, 0.4) is 0 Å². The second-order valence-electron chi connectivity index (χ2n) is 8.40. The van der Waals surface area contributed by atoms with E-state index in [0.29, 0.717) is 25.3 Å². The maximum absolute atomic E-state index is 12.7. The molecule has 5 nitrogen and oxygen atoms in total. The van der Waals surface area contributed by atoms with Crippen LogP contribution in [-0.4, -0.2) is 33.7 Å². The molecule has 0 atom stereocenters. The number of hydrogen-bond acceptors (Lipinski definition) is 3. The minimum Gasteiger partial charge on any atom is -0.343 e. The smallest absolute Gasteiger partial charge is 0.266 e. The van der Waals surface area contributed by atoms with Crippen LogP contribution in [0.15, 0.2) is 76.0 Å². The van der Waals surface area contributed by atoms with Crippen molar-refractivity contribution >= 4 is 21.8 Å². The van der Waals surface area contributed by atoms with E-state index in [1.807, 2.05) is 35.2 Å². The van der Waals surface area contributed by atoms with E-state index in [1.54, 1.807) is 12.1 Å². The van der Waals surface area contributed by atoms with Gasteiger partial charge in [-0.1, -0.05) is 58.4 Å². The van der Waals surface area contributed by atoms with Crippen LogP contribution in [0.4, 0.5) is 0 Å². The number of halogens is 1. The molecule has 166 valence electrons. The summed E-state index contributed by atoms with van der Waals surface area (Å²) in [5.74, 6) is 0.825. The van der Waals surface area contributed by atoms with Crippen LogP contribution in [0.5, 0.6) is 0 Å². The lowest BCUT2D eigenvalue weighted by Crippen LogP contribution is -2.39. The van der Waals surface area contributed by atoms with Crippen molar-refractivity contribution in [3.63, 3.8) is 0 Å². The van der Waals surface area contributed by atoms with E-state index in [9.17, 15) is 9.59 Å². The molecule has 2 heterocycles. The molecule has 3 aromatic rings. The van der Waals surface area contributed by atoms with Gasteiger partial charge in [-0.05, 0) is 55.4 Å². The number of benzene rings is 2. The molecule has 1 fully saturated rings. The molecule has 0 unspecified atom stereocenters. The van der Waals surface area contributed by atoms with Gasteiger partial charge >= 0.3 is 0 Å². The van der Waals surface area contributed by atoms with Gasteiger partial charge in [0.2, 0.25) is 5.91 Å². The first-order valence-corrected chi connectivity index (χ1v) is 12.0. The highest BCUT2D eigenvalue weighted by molar-refractivity contribution is 9.10. The Morgan fingerprint density at radius 2 is 1.69 bits per heavy atom. The summed E-state index contributed by atoms with van der Waals surface area (Å²) in [5.41, 5.74) is 2.95. The van der Waals surface area contributed by atoms with Crippen LogP contribution in [0, 0.1) is 5.92 Å². The first-order chi connectivity index (χ1) is 15.6. The molecule has 6 heteroatoms. The van der Waals surface area contributed by atoms with Crippen molar-refractivity contribution in [3.8, 4) is 11.3 Å². The summed E-state index contributed by atoms with van der Waals surface area (Å²) < 4.78 is 2.47. The highest BCUT2D eigenvalue weighted by Gasteiger charge is 2.22.